The number of hydrogen-bond donors (Lipinski definition) is 2. The topological polar surface area (TPSA) is 92.1 Å². The standard InChI is InChI=1S/C30H30N4O2/c31-29(36)30(24-13-7-8-14-24,25-17-19-32-20-18-25)34(21-22-9-3-1-4-10-22)28(35)27-16-15-26(33-27)23-11-5-2-6-12-23/h1-6,9-12,15-20,24,33H,7-8,13-14,21H2,(H2,31,36). The number of rotatable bonds is 8. The summed E-state index contributed by atoms with van der Waals surface area (Å²) in [5, 5.41) is 0. The fourth-order valence-electron chi connectivity index (χ4n) is 5.61. The Labute approximate surface area is 211 Å². The van der Waals surface area contributed by atoms with Crippen LogP contribution >= 0.6 is 0 Å². The Bertz CT molecular complexity index is 1310. The summed E-state index contributed by atoms with van der Waals surface area (Å²) < 4.78 is 0. The lowest BCUT2D eigenvalue weighted by Crippen LogP contribution is -2.60. The van der Waals surface area contributed by atoms with Crippen molar-refractivity contribution in [3.63, 3.8) is 0 Å². The Morgan fingerprint density at radius 1 is 0.889 bits per heavy atom. The van der Waals surface area contributed by atoms with Crippen molar-refractivity contribution in [3.8, 4) is 11.3 Å². The third kappa shape index (κ3) is 4.31. The average molecular weight is 479 g/mol. The van der Waals surface area contributed by atoms with Gasteiger partial charge in [0, 0.05) is 24.6 Å². The number of aromatic amines is 1. The fourth-order valence-corrected chi connectivity index (χ4v) is 5.61. The van der Waals surface area contributed by atoms with E-state index in [4.69, 9.17) is 5.73 Å². The van der Waals surface area contributed by atoms with Gasteiger partial charge in [0.05, 0.1) is 0 Å². The number of primary amides is 1. The quantitative estimate of drug-likeness (QED) is 0.360. The van der Waals surface area contributed by atoms with E-state index >= 15 is 0 Å². The predicted octanol–water partition coefficient (Wildman–Crippen LogP) is 5.29. The zero-order valence-corrected chi connectivity index (χ0v) is 20.1. The minimum absolute atomic E-state index is 0.0892. The first kappa shape index (κ1) is 23.5. The highest BCUT2D eigenvalue weighted by Crippen LogP contribution is 2.46. The van der Waals surface area contributed by atoms with Gasteiger partial charge in [-0.1, -0.05) is 73.5 Å². The Kier molecular flexibility index (Phi) is 6.67. The highest BCUT2D eigenvalue weighted by atomic mass is 16.2. The first-order valence-corrected chi connectivity index (χ1v) is 12.4. The molecule has 1 atom stereocenters. The zero-order valence-electron chi connectivity index (χ0n) is 20.1. The van der Waals surface area contributed by atoms with Gasteiger partial charge in [-0.25, -0.2) is 0 Å². The van der Waals surface area contributed by atoms with Crippen LogP contribution in [-0.2, 0) is 16.9 Å². The smallest absolute Gasteiger partial charge is 0.271 e. The van der Waals surface area contributed by atoms with Gasteiger partial charge in [-0.3, -0.25) is 14.6 Å². The van der Waals surface area contributed by atoms with Gasteiger partial charge in [0.1, 0.15) is 5.69 Å². The number of pyridine rings is 1. The van der Waals surface area contributed by atoms with E-state index in [1.54, 1.807) is 23.4 Å². The summed E-state index contributed by atoms with van der Waals surface area (Å²) in [7, 11) is 0. The molecule has 0 spiro atoms. The van der Waals surface area contributed by atoms with Crippen LogP contribution in [0.5, 0.6) is 0 Å². The van der Waals surface area contributed by atoms with Gasteiger partial charge in [0.15, 0.2) is 5.54 Å². The van der Waals surface area contributed by atoms with Gasteiger partial charge in [0.2, 0.25) is 5.91 Å². The number of benzene rings is 2. The van der Waals surface area contributed by atoms with Crippen molar-refractivity contribution in [2.24, 2.45) is 11.7 Å². The molecule has 1 fully saturated rings. The molecule has 0 bridgehead atoms. The highest BCUT2D eigenvalue weighted by Gasteiger charge is 2.53. The van der Waals surface area contributed by atoms with E-state index in [9.17, 15) is 9.59 Å². The minimum Gasteiger partial charge on any atom is -0.367 e. The number of nitrogens with two attached hydrogens (primary N) is 1. The van der Waals surface area contributed by atoms with Crippen LogP contribution in [0.15, 0.2) is 97.3 Å². The van der Waals surface area contributed by atoms with Gasteiger partial charge in [-0.2, -0.15) is 0 Å². The Morgan fingerprint density at radius 3 is 2.17 bits per heavy atom. The van der Waals surface area contributed by atoms with Gasteiger partial charge in [0.25, 0.3) is 5.91 Å². The molecule has 1 unspecified atom stereocenters. The molecule has 6 nitrogen and oxygen atoms in total. The predicted molar refractivity (Wildman–Crippen MR) is 140 cm³/mol. The van der Waals surface area contributed by atoms with E-state index in [1.807, 2.05) is 78.9 Å². The maximum atomic E-state index is 14.3. The normalized spacial score (nSPS) is 15.3. The Balaban J connectivity index is 1.66. The van der Waals surface area contributed by atoms with Gasteiger partial charge >= 0.3 is 0 Å². The third-order valence-electron chi connectivity index (χ3n) is 7.30. The molecule has 0 radical (unpaired) electrons. The van der Waals surface area contributed by atoms with Gasteiger partial charge < -0.3 is 15.6 Å². The third-order valence-corrected chi connectivity index (χ3v) is 7.30. The van der Waals surface area contributed by atoms with Crippen molar-refractivity contribution in [2.45, 2.75) is 37.8 Å². The van der Waals surface area contributed by atoms with E-state index < -0.39 is 11.4 Å². The van der Waals surface area contributed by atoms with Gasteiger partial charge in [-0.15, -0.1) is 0 Å². The molecule has 182 valence electrons. The number of amides is 2. The molecular formula is C30H30N4O2. The molecule has 5 rings (SSSR count). The second-order valence-corrected chi connectivity index (χ2v) is 9.38. The number of nitrogens with zero attached hydrogens (tertiary/aromatic N) is 2. The van der Waals surface area contributed by atoms with Crippen LogP contribution in [0.25, 0.3) is 11.3 Å². The molecule has 36 heavy (non-hydrogen) atoms. The van der Waals surface area contributed by atoms with E-state index in [1.165, 1.54) is 0 Å². The zero-order chi connectivity index (χ0) is 25.0. The van der Waals surface area contributed by atoms with Crippen LogP contribution in [0.3, 0.4) is 0 Å². The maximum Gasteiger partial charge on any atom is 0.271 e. The second-order valence-electron chi connectivity index (χ2n) is 9.38. The monoisotopic (exact) mass is 478 g/mol. The summed E-state index contributed by atoms with van der Waals surface area (Å²) in [6.45, 7) is 0.251. The maximum absolute atomic E-state index is 14.3. The van der Waals surface area contributed by atoms with E-state index in [0.29, 0.717) is 11.3 Å². The second kappa shape index (κ2) is 10.2. The van der Waals surface area contributed by atoms with E-state index in [2.05, 4.69) is 9.97 Å². The summed E-state index contributed by atoms with van der Waals surface area (Å²) >= 11 is 0. The number of carbonyl (C=O) groups excluding carboxylic acids is 2. The number of carbonyl (C=O) groups is 2. The molecule has 1 aliphatic rings. The molecule has 4 aromatic rings. The van der Waals surface area contributed by atoms with Crippen molar-refractivity contribution in [1.29, 1.82) is 0 Å². The molecule has 2 amide bonds. The summed E-state index contributed by atoms with van der Waals surface area (Å²) in [6, 6.07) is 26.9. The summed E-state index contributed by atoms with van der Waals surface area (Å²) in [4.78, 5) is 37.1. The van der Waals surface area contributed by atoms with Crippen molar-refractivity contribution in [3.05, 3.63) is 114 Å². The van der Waals surface area contributed by atoms with Crippen LogP contribution in [0.1, 0.15) is 47.3 Å². The first-order chi connectivity index (χ1) is 17.6. The first-order valence-electron chi connectivity index (χ1n) is 12.4. The van der Waals surface area contributed by atoms with E-state index in [-0.39, 0.29) is 18.4 Å². The van der Waals surface area contributed by atoms with Crippen LogP contribution < -0.4 is 5.73 Å². The Morgan fingerprint density at radius 2 is 1.53 bits per heavy atom. The number of aromatic nitrogens is 2. The average Bonchev–Trinajstić information content (AvgIpc) is 3.63. The summed E-state index contributed by atoms with van der Waals surface area (Å²) in [5.74, 6) is -0.864. The lowest BCUT2D eigenvalue weighted by Gasteiger charge is -2.46. The lowest BCUT2D eigenvalue weighted by atomic mass is 9.74. The largest absolute Gasteiger partial charge is 0.367 e. The molecule has 1 aliphatic carbocycles. The number of H-pyrrole nitrogens is 1. The molecular weight excluding hydrogens is 448 g/mol. The molecule has 6 heteroatoms. The van der Waals surface area contributed by atoms with Crippen molar-refractivity contribution < 1.29 is 9.59 Å². The van der Waals surface area contributed by atoms with Gasteiger partial charge in [-0.05, 0) is 59.7 Å². The Hall–Kier alpha value is -4.19. The van der Waals surface area contributed by atoms with Crippen molar-refractivity contribution in [2.75, 3.05) is 0 Å². The molecule has 1 saturated carbocycles. The molecule has 2 aromatic carbocycles. The van der Waals surface area contributed by atoms with Crippen LogP contribution in [-0.4, -0.2) is 26.7 Å². The molecule has 0 saturated heterocycles. The number of nitrogens with one attached hydrogen (secondary N) is 1. The highest BCUT2D eigenvalue weighted by molar-refractivity contribution is 5.99. The summed E-state index contributed by atoms with van der Waals surface area (Å²) in [6.07, 6.45) is 6.97. The van der Waals surface area contributed by atoms with Crippen molar-refractivity contribution in [1.82, 2.24) is 14.9 Å². The molecule has 0 aliphatic heterocycles. The molecule has 3 N–H and O–H groups in total. The molecule has 2 aromatic heterocycles. The van der Waals surface area contributed by atoms with Crippen LogP contribution in [0.4, 0.5) is 0 Å². The number of hydrogen-bond acceptors (Lipinski definition) is 3. The van der Waals surface area contributed by atoms with Crippen LogP contribution in [0, 0.1) is 5.92 Å². The van der Waals surface area contributed by atoms with E-state index in [0.717, 1.165) is 42.5 Å². The lowest BCUT2D eigenvalue weighted by molar-refractivity contribution is -0.133. The summed E-state index contributed by atoms with van der Waals surface area (Å²) in [5.41, 5.74) is 8.86. The SMILES string of the molecule is NC(=O)C(c1ccncc1)(C1CCCC1)N(Cc1ccccc1)C(=O)c1ccc(-c2ccccc2)[nH]1. The fraction of sp³-hybridized carbons (Fsp3) is 0.233. The van der Waals surface area contributed by atoms with Crippen molar-refractivity contribution >= 4 is 11.8 Å². The van der Waals surface area contributed by atoms with Crippen LogP contribution in [0.2, 0.25) is 0 Å². The molecule has 2 heterocycles. The minimum atomic E-state index is -1.30.